The van der Waals surface area contributed by atoms with E-state index in [1.165, 1.54) is 0 Å². The van der Waals surface area contributed by atoms with Gasteiger partial charge in [-0.15, -0.1) is 0 Å². The molecule has 23 heavy (non-hydrogen) atoms. The summed E-state index contributed by atoms with van der Waals surface area (Å²) < 4.78 is 0. The molecule has 0 aliphatic carbocycles. The molecule has 1 unspecified atom stereocenters. The molecular weight excluding hydrogens is 292 g/mol. The molecule has 2 amide bonds. The molecule has 6 heteroatoms. The summed E-state index contributed by atoms with van der Waals surface area (Å²) in [7, 11) is 0. The highest BCUT2D eigenvalue weighted by Gasteiger charge is 2.29. The van der Waals surface area contributed by atoms with Crippen molar-refractivity contribution in [2.45, 2.75) is 31.8 Å². The predicted molar refractivity (Wildman–Crippen MR) is 85.3 cm³/mol. The molecule has 2 aromatic rings. The maximum atomic E-state index is 12.6. The Morgan fingerprint density at radius 2 is 2.13 bits per heavy atom. The number of benzene rings is 1. The van der Waals surface area contributed by atoms with Gasteiger partial charge in [0.2, 0.25) is 11.8 Å². The monoisotopic (exact) mass is 312 g/mol. The quantitative estimate of drug-likeness (QED) is 0.872. The number of amides is 2. The molecule has 1 aliphatic rings. The van der Waals surface area contributed by atoms with Crippen molar-refractivity contribution in [1.82, 2.24) is 20.4 Å². The Kier molecular flexibility index (Phi) is 4.71. The molecule has 1 aromatic heterocycles. The molecule has 2 N–H and O–H groups in total. The first-order valence-corrected chi connectivity index (χ1v) is 7.83. The first-order chi connectivity index (χ1) is 11.2. The van der Waals surface area contributed by atoms with E-state index < -0.39 is 6.04 Å². The summed E-state index contributed by atoms with van der Waals surface area (Å²) in [6, 6.07) is 11.2. The van der Waals surface area contributed by atoms with Crippen LogP contribution in [0.2, 0.25) is 0 Å². The summed E-state index contributed by atoms with van der Waals surface area (Å²) in [4.78, 5) is 26.4. The van der Waals surface area contributed by atoms with Gasteiger partial charge in [0, 0.05) is 25.0 Å². The molecule has 6 nitrogen and oxygen atoms in total. The van der Waals surface area contributed by atoms with Gasteiger partial charge in [0.25, 0.3) is 0 Å². The van der Waals surface area contributed by atoms with Gasteiger partial charge >= 0.3 is 0 Å². The van der Waals surface area contributed by atoms with Crippen molar-refractivity contribution < 1.29 is 9.59 Å². The molecule has 1 aromatic carbocycles. The number of carbonyl (C=O) groups is 2. The maximum absolute atomic E-state index is 12.6. The fourth-order valence-corrected chi connectivity index (χ4v) is 2.84. The third-order valence-corrected chi connectivity index (χ3v) is 3.99. The number of hydrogen-bond donors (Lipinski definition) is 2. The number of nitrogens with zero attached hydrogens (tertiary/aromatic N) is 2. The molecule has 0 spiro atoms. The van der Waals surface area contributed by atoms with E-state index in [9.17, 15) is 9.59 Å². The van der Waals surface area contributed by atoms with Crippen LogP contribution in [0.1, 0.15) is 24.1 Å². The highest BCUT2D eigenvalue weighted by molar-refractivity contribution is 5.88. The third kappa shape index (κ3) is 3.97. The average Bonchev–Trinajstić information content (AvgIpc) is 3.05. The van der Waals surface area contributed by atoms with Gasteiger partial charge in [-0.3, -0.25) is 14.7 Å². The van der Waals surface area contributed by atoms with E-state index in [1.54, 1.807) is 12.3 Å². The van der Waals surface area contributed by atoms with Gasteiger partial charge in [-0.1, -0.05) is 30.3 Å². The zero-order valence-electron chi connectivity index (χ0n) is 12.9. The van der Waals surface area contributed by atoms with Crippen LogP contribution in [0, 0.1) is 0 Å². The number of aromatic nitrogens is 2. The molecule has 1 fully saturated rings. The van der Waals surface area contributed by atoms with E-state index >= 15 is 0 Å². The van der Waals surface area contributed by atoms with Crippen molar-refractivity contribution in [2.75, 3.05) is 6.54 Å². The molecule has 0 saturated carbocycles. The van der Waals surface area contributed by atoms with E-state index in [-0.39, 0.29) is 18.2 Å². The predicted octanol–water partition coefficient (Wildman–Crippen LogP) is 1.26. The normalized spacial score (nSPS) is 18.0. The molecule has 3 rings (SSSR count). The summed E-state index contributed by atoms with van der Waals surface area (Å²) in [5.74, 6) is -0.160. The van der Waals surface area contributed by atoms with Crippen LogP contribution in [0.3, 0.4) is 0 Å². The zero-order chi connectivity index (χ0) is 16.1. The lowest BCUT2D eigenvalue weighted by molar-refractivity contribution is -0.139. The molecule has 0 radical (unpaired) electrons. The lowest BCUT2D eigenvalue weighted by atomic mass is 10.0. The second-order valence-electron chi connectivity index (χ2n) is 5.77. The van der Waals surface area contributed by atoms with E-state index in [0.29, 0.717) is 13.0 Å². The average molecular weight is 312 g/mol. The van der Waals surface area contributed by atoms with Crippen LogP contribution in [0.25, 0.3) is 0 Å². The van der Waals surface area contributed by atoms with Crippen molar-refractivity contribution in [2.24, 2.45) is 0 Å². The van der Waals surface area contributed by atoms with Crippen LogP contribution in [-0.4, -0.2) is 39.5 Å². The fraction of sp³-hybridized carbons (Fsp3) is 0.353. The molecule has 1 saturated heterocycles. The second kappa shape index (κ2) is 7.09. The van der Waals surface area contributed by atoms with Crippen LogP contribution in [0.4, 0.5) is 0 Å². The molecule has 2 heterocycles. The number of nitrogens with one attached hydrogen (secondary N) is 2. The van der Waals surface area contributed by atoms with Crippen molar-refractivity contribution in [3.05, 3.63) is 53.9 Å². The van der Waals surface area contributed by atoms with Gasteiger partial charge in [-0.05, 0) is 24.5 Å². The molecular formula is C17H20N4O2. The lowest BCUT2D eigenvalue weighted by Crippen LogP contribution is -2.52. The van der Waals surface area contributed by atoms with Gasteiger partial charge in [0.15, 0.2) is 0 Å². The summed E-state index contributed by atoms with van der Waals surface area (Å²) in [5, 5.41) is 9.41. The molecule has 1 atom stereocenters. The largest absolute Gasteiger partial charge is 0.344 e. The minimum Gasteiger partial charge on any atom is -0.344 e. The maximum Gasteiger partial charge on any atom is 0.245 e. The SMILES string of the molecule is O=C(Cc1ccn[nH]1)NC1CCCN(Cc2ccccc2)C1=O. The molecule has 0 bridgehead atoms. The first-order valence-electron chi connectivity index (χ1n) is 7.83. The van der Waals surface area contributed by atoms with Gasteiger partial charge in [0.1, 0.15) is 6.04 Å². The van der Waals surface area contributed by atoms with Crippen molar-refractivity contribution in [3.63, 3.8) is 0 Å². The minimum absolute atomic E-state index is 0.00179. The summed E-state index contributed by atoms with van der Waals surface area (Å²) in [5.41, 5.74) is 1.84. The number of piperidine rings is 1. The summed E-state index contributed by atoms with van der Waals surface area (Å²) in [6.07, 6.45) is 3.41. The van der Waals surface area contributed by atoms with E-state index in [4.69, 9.17) is 0 Å². The number of H-pyrrole nitrogens is 1. The Labute approximate surface area is 134 Å². The summed E-state index contributed by atoms with van der Waals surface area (Å²) >= 11 is 0. The standard InChI is InChI=1S/C17H20N4O2/c22-16(11-14-8-9-18-20-14)19-15-7-4-10-21(17(15)23)12-13-5-2-1-3-6-13/h1-3,5-6,8-9,15H,4,7,10-12H2,(H,18,20)(H,19,22). The van der Waals surface area contributed by atoms with E-state index in [2.05, 4.69) is 15.5 Å². The fourth-order valence-electron chi connectivity index (χ4n) is 2.84. The highest BCUT2D eigenvalue weighted by Crippen LogP contribution is 2.15. The van der Waals surface area contributed by atoms with Crippen LogP contribution >= 0.6 is 0 Å². The van der Waals surface area contributed by atoms with Gasteiger partial charge < -0.3 is 10.2 Å². The highest BCUT2D eigenvalue weighted by atomic mass is 16.2. The first kappa shape index (κ1) is 15.3. The Morgan fingerprint density at radius 3 is 2.87 bits per heavy atom. The molecule has 1 aliphatic heterocycles. The van der Waals surface area contributed by atoms with Crippen LogP contribution < -0.4 is 5.32 Å². The van der Waals surface area contributed by atoms with Gasteiger partial charge in [-0.2, -0.15) is 5.10 Å². The molecule has 120 valence electrons. The number of hydrogen-bond acceptors (Lipinski definition) is 3. The topological polar surface area (TPSA) is 78.1 Å². The second-order valence-corrected chi connectivity index (χ2v) is 5.77. The van der Waals surface area contributed by atoms with E-state index in [0.717, 1.165) is 24.2 Å². The van der Waals surface area contributed by atoms with Crippen molar-refractivity contribution in [3.8, 4) is 0 Å². The van der Waals surface area contributed by atoms with Crippen molar-refractivity contribution in [1.29, 1.82) is 0 Å². The van der Waals surface area contributed by atoms with E-state index in [1.807, 2.05) is 35.2 Å². The Morgan fingerprint density at radius 1 is 1.30 bits per heavy atom. The Bertz CT molecular complexity index is 654. The van der Waals surface area contributed by atoms with Crippen LogP contribution in [0.5, 0.6) is 0 Å². The number of likely N-dealkylation sites (tertiary alicyclic amines) is 1. The Balaban J connectivity index is 1.57. The van der Waals surface area contributed by atoms with Crippen LogP contribution in [0.15, 0.2) is 42.6 Å². The van der Waals surface area contributed by atoms with Gasteiger partial charge in [0.05, 0.1) is 6.42 Å². The van der Waals surface area contributed by atoms with Crippen molar-refractivity contribution >= 4 is 11.8 Å². The summed E-state index contributed by atoms with van der Waals surface area (Å²) in [6.45, 7) is 1.33. The lowest BCUT2D eigenvalue weighted by Gasteiger charge is -2.32. The van der Waals surface area contributed by atoms with Gasteiger partial charge in [-0.25, -0.2) is 0 Å². The van der Waals surface area contributed by atoms with Crippen LogP contribution in [-0.2, 0) is 22.6 Å². The zero-order valence-corrected chi connectivity index (χ0v) is 12.9. The number of aromatic amines is 1. The third-order valence-electron chi connectivity index (χ3n) is 3.99. The number of rotatable bonds is 5. The minimum atomic E-state index is -0.428. The Hall–Kier alpha value is -2.63. The number of carbonyl (C=O) groups excluding carboxylic acids is 2. The smallest absolute Gasteiger partial charge is 0.245 e.